The lowest BCUT2D eigenvalue weighted by atomic mass is 9.91. The van der Waals surface area contributed by atoms with Gasteiger partial charge in [0.25, 0.3) is 0 Å². The van der Waals surface area contributed by atoms with E-state index in [1.165, 1.54) is 16.8 Å². The van der Waals surface area contributed by atoms with Gasteiger partial charge >= 0.3 is 0 Å². The highest BCUT2D eigenvalue weighted by atomic mass is 35.5. The highest BCUT2D eigenvalue weighted by Crippen LogP contribution is 2.59. The van der Waals surface area contributed by atoms with Crippen molar-refractivity contribution in [2.45, 2.75) is 28.6 Å². The molecule has 0 unspecified atom stereocenters. The van der Waals surface area contributed by atoms with Crippen LogP contribution in [0.4, 0.5) is 8.78 Å². The maximum absolute atomic E-state index is 14.7. The number of thiol groups is 1. The van der Waals surface area contributed by atoms with Crippen LogP contribution < -0.4 is 0 Å². The van der Waals surface area contributed by atoms with Crippen molar-refractivity contribution in [2.75, 3.05) is 0 Å². The largest absolute Gasteiger partial charge is 0.354 e. The highest BCUT2D eigenvalue weighted by molar-refractivity contribution is 8.03. The minimum Gasteiger partial charge on any atom is -0.354 e. The number of aromatic nitrogens is 3. The zero-order valence-corrected chi connectivity index (χ0v) is 16.5. The first-order valence-corrected chi connectivity index (χ1v) is 9.66. The number of nitrogens with zero attached hydrogens (tertiary/aromatic N) is 4. The molecule has 0 amide bonds. The van der Waals surface area contributed by atoms with E-state index in [2.05, 4.69) is 22.7 Å². The number of rotatable bonds is 5. The van der Waals surface area contributed by atoms with Crippen molar-refractivity contribution in [1.82, 2.24) is 14.8 Å². The smallest absolute Gasteiger partial charge is 0.206 e. The van der Waals surface area contributed by atoms with Gasteiger partial charge in [0.15, 0.2) is 0 Å². The van der Waals surface area contributed by atoms with Crippen molar-refractivity contribution in [1.29, 1.82) is 5.26 Å². The van der Waals surface area contributed by atoms with Gasteiger partial charge in [0.1, 0.15) is 28.7 Å². The van der Waals surface area contributed by atoms with Crippen LogP contribution in [0.5, 0.6) is 0 Å². The van der Waals surface area contributed by atoms with Crippen LogP contribution >= 0.6 is 36.0 Å². The molecule has 1 aliphatic rings. The van der Waals surface area contributed by atoms with E-state index in [0.717, 1.165) is 17.8 Å². The zero-order valence-electron chi connectivity index (χ0n) is 14.0. The van der Waals surface area contributed by atoms with Gasteiger partial charge < -0.3 is 4.74 Å². The average Bonchev–Trinajstić information content (AvgIpc) is 3.24. The third-order valence-electron chi connectivity index (χ3n) is 4.42. The first-order valence-electron chi connectivity index (χ1n) is 8.02. The first kappa shape index (κ1) is 19.2. The lowest BCUT2D eigenvalue weighted by molar-refractivity contribution is 0.250. The van der Waals surface area contributed by atoms with Gasteiger partial charge in [-0.25, -0.2) is 13.5 Å². The maximum atomic E-state index is 14.7. The summed E-state index contributed by atoms with van der Waals surface area (Å²) >= 11 is 11.2. The fourth-order valence-electron chi connectivity index (χ4n) is 3.18. The summed E-state index contributed by atoms with van der Waals surface area (Å²) in [6.07, 6.45) is -0.575. The number of epoxide rings is 1. The summed E-state index contributed by atoms with van der Waals surface area (Å²) in [5.41, 5.74) is -0.335. The third kappa shape index (κ3) is 3.37. The number of benzene rings is 2. The Labute approximate surface area is 173 Å². The second-order valence-corrected chi connectivity index (χ2v) is 7.64. The van der Waals surface area contributed by atoms with E-state index < -0.39 is 23.3 Å². The Hall–Kier alpha value is -2.12. The van der Waals surface area contributed by atoms with Crippen LogP contribution in [0.25, 0.3) is 0 Å². The van der Waals surface area contributed by atoms with Crippen molar-refractivity contribution in [3.8, 4) is 5.40 Å². The molecule has 2 atom stereocenters. The van der Waals surface area contributed by atoms with Gasteiger partial charge in [-0.2, -0.15) is 10.2 Å². The number of hydrogen-bond acceptors (Lipinski definition) is 6. The van der Waals surface area contributed by atoms with Crippen molar-refractivity contribution in [3.05, 3.63) is 70.2 Å². The number of nitriles is 1. The molecule has 5 nitrogen and oxygen atoms in total. The Morgan fingerprint density at radius 2 is 2.11 bits per heavy atom. The van der Waals surface area contributed by atoms with Crippen LogP contribution in [-0.2, 0) is 16.9 Å². The van der Waals surface area contributed by atoms with E-state index in [1.54, 1.807) is 24.3 Å². The molecule has 0 saturated carbocycles. The predicted molar refractivity (Wildman–Crippen MR) is 102 cm³/mol. The summed E-state index contributed by atoms with van der Waals surface area (Å²) < 4.78 is 35.5. The summed E-state index contributed by atoms with van der Waals surface area (Å²) in [4.78, 5) is 4.08. The molecular weight excluding hydrogens is 426 g/mol. The molecule has 4 rings (SSSR count). The number of halogens is 3. The van der Waals surface area contributed by atoms with E-state index in [4.69, 9.17) is 21.6 Å². The number of thiocyanates is 1. The molecule has 10 heteroatoms. The fraction of sp³-hybridized carbons (Fsp3) is 0.167. The number of thioether (sulfide) groups is 1. The van der Waals surface area contributed by atoms with Crippen molar-refractivity contribution in [3.63, 3.8) is 0 Å². The summed E-state index contributed by atoms with van der Waals surface area (Å²) in [7, 11) is 0. The second kappa shape index (κ2) is 7.37. The lowest BCUT2D eigenvalue weighted by Crippen LogP contribution is -2.22. The molecule has 1 saturated heterocycles. The third-order valence-corrected chi connectivity index (χ3v) is 5.53. The van der Waals surface area contributed by atoms with Crippen molar-refractivity contribution < 1.29 is 13.5 Å². The van der Waals surface area contributed by atoms with Gasteiger partial charge in [0, 0.05) is 34.0 Å². The topological polar surface area (TPSA) is 67.0 Å². The molecule has 2 aromatic carbocycles. The SMILES string of the molecule is N#CSc1nc(S)nn1C[C@@]1(c2ccc(F)cc2F)O[C@@H]1c1ccccc1Cl. The number of ether oxygens (including phenoxy) is 1. The Kier molecular flexibility index (Phi) is 5.05. The normalized spacial score (nSPS) is 20.8. The molecule has 0 radical (unpaired) electrons. The second-order valence-electron chi connectivity index (χ2n) is 6.08. The minimum atomic E-state index is -1.18. The molecule has 2 heterocycles. The molecule has 142 valence electrons. The highest BCUT2D eigenvalue weighted by Gasteiger charge is 2.61. The molecule has 0 aliphatic carbocycles. The molecule has 0 spiro atoms. The van der Waals surface area contributed by atoms with Gasteiger partial charge in [0.05, 0.1) is 6.54 Å². The van der Waals surface area contributed by atoms with Crippen LogP contribution in [0, 0.1) is 22.3 Å². The molecule has 1 aromatic heterocycles. The van der Waals surface area contributed by atoms with Crippen LogP contribution in [0.1, 0.15) is 17.2 Å². The minimum absolute atomic E-state index is 0.0447. The van der Waals surface area contributed by atoms with Gasteiger partial charge in [0.2, 0.25) is 10.3 Å². The lowest BCUT2D eigenvalue weighted by Gasteiger charge is -2.16. The molecular formula is C18H11ClF2N4OS2. The Bertz CT molecular complexity index is 1100. The standard InChI is InChI=1S/C18H11ClF2N4OS2/c19-13-4-2-1-3-11(13)15-18(26-15,12-6-5-10(20)7-14(12)21)8-25-17(28-9-22)23-16(27)24-25/h1-7,15H,8H2,(H,24,27)/t15-,18+/m1/s1. The van der Waals surface area contributed by atoms with Crippen molar-refractivity contribution in [2.24, 2.45) is 0 Å². The molecule has 0 bridgehead atoms. The fourth-order valence-corrected chi connectivity index (χ4v) is 4.11. The predicted octanol–water partition coefficient (Wildman–Crippen LogP) is 4.74. The van der Waals surface area contributed by atoms with E-state index in [0.29, 0.717) is 15.7 Å². The van der Waals surface area contributed by atoms with E-state index in [9.17, 15) is 8.78 Å². The van der Waals surface area contributed by atoms with Gasteiger partial charge in [-0.05, 0) is 12.1 Å². The molecule has 1 fully saturated rings. The van der Waals surface area contributed by atoms with Crippen molar-refractivity contribution >= 4 is 36.0 Å². The Morgan fingerprint density at radius 3 is 2.82 bits per heavy atom. The molecule has 28 heavy (non-hydrogen) atoms. The van der Waals surface area contributed by atoms with Crippen LogP contribution in [-0.4, -0.2) is 14.8 Å². The Balaban J connectivity index is 1.80. The van der Waals surface area contributed by atoms with Crippen LogP contribution in [0.3, 0.4) is 0 Å². The molecule has 3 aromatic rings. The first-order chi connectivity index (χ1) is 13.4. The summed E-state index contributed by atoms with van der Waals surface area (Å²) in [6, 6.07) is 10.4. The molecule has 0 N–H and O–H groups in total. The van der Waals surface area contributed by atoms with Crippen LogP contribution in [0.2, 0.25) is 5.02 Å². The van der Waals surface area contributed by atoms with Gasteiger partial charge in [-0.1, -0.05) is 35.9 Å². The molecule has 1 aliphatic heterocycles. The average molecular weight is 437 g/mol. The van der Waals surface area contributed by atoms with E-state index >= 15 is 0 Å². The Morgan fingerprint density at radius 1 is 1.32 bits per heavy atom. The van der Waals surface area contributed by atoms with Gasteiger partial charge in [-0.3, -0.25) is 0 Å². The van der Waals surface area contributed by atoms with E-state index in [-0.39, 0.29) is 17.3 Å². The zero-order chi connectivity index (χ0) is 19.9. The number of hydrogen-bond donors (Lipinski definition) is 1. The summed E-state index contributed by atoms with van der Waals surface area (Å²) in [5.74, 6) is -1.43. The van der Waals surface area contributed by atoms with Gasteiger partial charge in [-0.15, -0.1) is 17.7 Å². The maximum Gasteiger partial charge on any atom is 0.206 e. The summed E-state index contributed by atoms with van der Waals surface area (Å²) in [6.45, 7) is 0.0447. The quantitative estimate of drug-likeness (QED) is 0.271. The van der Waals surface area contributed by atoms with E-state index in [1.807, 2.05) is 5.40 Å². The van der Waals surface area contributed by atoms with Crippen LogP contribution in [0.15, 0.2) is 52.8 Å². The monoisotopic (exact) mass is 436 g/mol. The summed E-state index contributed by atoms with van der Waals surface area (Å²) in [5, 5.41) is 16.0.